The lowest BCUT2D eigenvalue weighted by molar-refractivity contribution is -0.888. The van der Waals surface area contributed by atoms with Crippen LogP contribution >= 0.6 is 11.3 Å². The number of nitrogens with one attached hydrogen (secondary N) is 2. The molecule has 1 aliphatic rings. The highest BCUT2D eigenvalue weighted by molar-refractivity contribution is 7.16. The molecule has 0 radical (unpaired) electrons. The number of carbonyl (C=O) groups is 1. The van der Waals surface area contributed by atoms with E-state index in [0.717, 1.165) is 37.4 Å². The van der Waals surface area contributed by atoms with Crippen LogP contribution in [0.5, 0.6) is 0 Å². The van der Waals surface area contributed by atoms with E-state index in [9.17, 15) is 10.1 Å². The van der Waals surface area contributed by atoms with Crippen LogP contribution in [0.15, 0.2) is 0 Å². The topological polar surface area (TPSA) is 57.3 Å². The van der Waals surface area contributed by atoms with Crippen molar-refractivity contribution in [3.63, 3.8) is 0 Å². The monoisotopic (exact) mass is 306 g/mol. The van der Waals surface area contributed by atoms with Gasteiger partial charge in [-0.25, -0.2) is 0 Å². The molecule has 1 aromatic heterocycles. The third-order valence-corrected chi connectivity index (χ3v) is 5.46. The summed E-state index contributed by atoms with van der Waals surface area (Å²) in [7, 11) is 0. The number of quaternary nitrogens is 1. The molecule has 5 heteroatoms. The molecule has 0 saturated carbocycles. The van der Waals surface area contributed by atoms with E-state index >= 15 is 0 Å². The van der Waals surface area contributed by atoms with Crippen molar-refractivity contribution in [3.8, 4) is 6.07 Å². The Morgan fingerprint density at radius 1 is 1.48 bits per heavy atom. The Hall–Kier alpha value is -1.38. The van der Waals surface area contributed by atoms with Gasteiger partial charge in [-0.3, -0.25) is 4.79 Å². The van der Waals surface area contributed by atoms with Crippen LogP contribution in [-0.4, -0.2) is 25.5 Å². The largest absolute Gasteiger partial charge is 0.328 e. The van der Waals surface area contributed by atoms with Gasteiger partial charge in [-0.1, -0.05) is 6.92 Å². The van der Waals surface area contributed by atoms with E-state index in [-0.39, 0.29) is 5.91 Å². The molecule has 1 amide bonds. The molecule has 2 rings (SSSR count). The fourth-order valence-electron chi connectivity index (χ4n) is 2.86. The van der Waals surface area contributed by atoms with E-state index in [1.54, 1.807) is 11.3 Å². The van der Waals surface area contributed by atoms with E-state index in [2.05, 4.69) is 32.2 Å². The van der Waals surface area contributed by atoms with Gasteiger partial charge in [0.1, 0.15) is 11.1 Å². The predicted molar refractivity (Wildman–Crippen MR) is 85.8 cm³/mol. The summed E-state index contributed by atoms with van der Waals surface area (Å²) in [5.74, 6) is 0.684. The molecule has 114 valence electrons. The zero-order valence-corrected chi connectivity index (χ0v) is 13.9. The summed E-state index contributed by atoms with van der Waals surface area (Å²) in [4.78, 5) is 14.7. The lowest BCUT2D eigenvalue weighted by atomic mass is 9.89. The number of rotatable bonds is 5. The maximum absolute atomic E-state index is 12.2. The number of hydrogen-bond donors (Lipinski definition) is 2. The molecule has 1 heterocycles. The predicted octanol–water partition coefficient (Wildman–Crippen LogP) is 1.61. The van der Waals surface area contributed by atoms with Crippen molar-refractivity contribution in [1.82, 2.24) is 0 Å². The van der Waals surface area contributed by atoms with E-state index in [1.165, 1.54) is 15.3 Å². The standard InChI is InChI=1S/C16H23N3OS/c1-4-19(5-2)10-15(20)18-16-13(9-17)12-7-6-11(3)8-14(12)21-16/h11H,4-8,10H2,1-3H3,(H,18,20)/p+1/t11-/m1/s1. The maximum Gasteiger partial charge on any atom is 0.280 e. The van der Waals surface area contributed by atoms with E-state index < -0.39 is 0 Å². The molecule has 0 fully saturated rings. The second-order valence-electron chi connectivity index (χ2n) is 5.85. The van der Waals surface area contributed by atoms with E-state index in [1.807, 2.05) is 0 Å². The molecular weight excluding hydrogens is 282 g/mol. The van der Waals surface area contributed by atoms with Crippen molar-refractivity contribution >= 4 is 22.2 Å². The lowest BCUT2D eigenvalue weighted by Crippen LogP contribution is -3.12. The Kier molecular flexibility index (Phi) is 5.38. The number of nitrogens with zero attached hydrogens (tertiary/aromatic N) is 1. The molecular formula is C16H24N3OS+. The third kappa shape index (κ3) is 3.63. The Bertz CT molecular complexity index is 555. The Morgan fingerprint density at radius 3 is 2.81 bits per heavy atom. The molecule has 0 spiro atoms. The molecule has 0 aliphatic heterocycles. The molecule has 1 aliphatic carbocycles. The van der Waals surface area contributed by atoms with Gasteiger partial charge in [0.05, 0.1) is 18.7 Å². The van der Waals surface area contributed by atoms with Gasteiger partial charge >= 0.3 is 0 Å². The molecule has 4 nitrogen and oxygen atoms in total. The Morgan fingerprint density at radius 2 is 2.19 bits per heavy atom. The van der Waals surface area contributed by atoms with Crippen LogP contribution in [-0.2, 0) is 17.6 Å². The van der Waals surface area contributed by atoms with Gasteiger partial charge in [0.2, 0.25) is 0 Å². The first-order valence-electron chi connectivity index (χ1n) is 7.77. The average molecular weight is 306 g/mol. The normalized spacial score (nSPS) is 17.4. The van der Waals surface area contributed by atoms with E-state index in [0.29, 0.717) is 18.0 Å². The first-order chi connectivity index (χ1) is 10.1. The van der Waals surface area contributed by atoms with Crippen molar-refractivity contribution in [2.75, 3.05) is 25.0 Å². The Labute approximate surface area is 130 Å². The molecule has 0 aromatic carbocycles. The van der Waals surface area contributed by atoms with Crippen LogP contribution in [0.4, 0.5) is 5.00 Å². The number of anilines is 1. The number of likely N-dealkylation sites (N-methyl/N-ethyl adjacent to an activating group) is 1. The van der Waals surface area contributed by atoms with Gasteiger partial charge in [-0.05, 0) is 44.6 Å². The average Bonchev–Trinajstić information content (AvgIpc) is 2.80. The molecule has 21 heavy (non-hydrogen) atoms. The Balaban J connectivity index is 2.14. The minimum Gasteiger partial charge on any atom is -0.328 e. The van der Waals surface area contributed by atoms with Gasteiger partial charge in [-0.15, -0.1) is 11.3 Å². The summed E-state index contributed by atoms with van der Waals surface area (Å²) in [6, 6.07) is 2.29. The SMILES string of the molecule is CC[NH+](CC)CC(=O)Nc1sc2c(c1C#N)CC[C@@H](C)C2. The first kappa shape index (κ1) is 16.0. The highest BCUT2D eigenvalue weighted by atomic mass is 32.1. The summed E-state index contributed by atoms with van der Waals surface area (Å²) >= 11 is 1.60. The number of carbonyl (C=O) groups excluding carboxylic acids is 1. The van der Waals surface area contributed by atoms with Crippen LogP contribution in [0.2, 0.25) is 0 Å². The van der Waals surface area contributed by atoms with Crippen LogP contribution in [0.25, 0.3) is 0 Å². The molecule has 0 bridgehead atoms. The number of nitriles is 1. The number of amides is 1. The highest BCUT2D eigenvalue weighted by Gasteiger charge is 2.25. The summed E-state index contributed by atoms with van der Waals surface area (Å²) in [6.07, 6.45) is 3.13. The minimum absolute atomic E-state index is 0.0110. The van der Waals surface area contributed by atoms with E-state index in [4.69, 9.17) is 0 Å². The smallest absolute Gasteiger partial charge is 0.280 e. The van der Waals surface area contributed by atoms with Crippen molar-refractivity contribution in [2.45, 2.75) is 40.0 Å². The molecule has 1 aromatic rings. The quantitative estimate of drug-likeness (QED) is 0.868. The van der Waals surface area contributed by atoms with Crippen molar-refractivity contribution in [1.29, 1.82) is 5.26 Å². The molecule has 0 saturated heterocycles. The van der Waals surface area contributed by atoms with Gasteiger partial charge in [0.15, 0.2) is 6.54 Å². The zero-order valence-electron chi connectivity index (χ0n) is 13.1. The van der Waals surface area contributed by atoms with Crippen LogP contribution in [0.3, 0.4) is 0 Å². The minimum atomic E-state index is 0.0110. The second kappa shape index (κ2) is 7.06. The fraction of sp³-hybridized carbons (Fsp3) is 0.625. The van der Waals surface area contributed by atoms with Gasteiger partial charge in [-0.2, -0.15) is 5.26 Å². The summed E-state index contributed by atoms with van der Waals surface area (Å²) in [6.45, 7) is 8.75. The number of thiophene rings is 1. The molecule has 1 atom stereocenters. The zero-order chi connectivity index (χ0) is 15.4. The van der Waals surface area contributed by atoms with Crippen molar-refractivity contribution < 1.29 is 9.69 Å². The third-order valence-electron chi connectivity index (χ3n) is 4.29. The van der Waals surface area contributed by atoms with Crippen molar-refractivity contribution in [2.24, 2.45) is 5.92 Å². The summed E-state index contributed by atoms with van der Waals surface area (Å²) in [5, 5.41) is 13.1. The van der Waals surface area contributed by atoms with Gasteiger partial charge in [0.25, 0.3) is 5.91 Å². The van der Waals surface area contributed by atoms with Crippen LogP contribution < -0.4 is 10.2 Å². The fourth-order valence-corrected chi connectivity index (χ4v) is 4.23. The highest BCUT2D eigenvalue weighted by Crippen LogP contribution is 2.39. The van der Waals surface area contributed by atoms with Gasteiger partial charge in [0, 0.05) is 4.88 Å². The lowest BCUT2D eigenvalue weighted by Gasteiger charge is -2.17. The summed E-state index contributed by atoms with van der Waals surface area (Å²) in [5.41, 5.74) is 1.87. The van der Waals surface area contributed by atoms with Crippen LogP contribution in [0, 0.1) is 17.2 Å². The van der Waals surface area contributed by atoms with Gasteiger partial charge < -0.3 is 10.2 Å². The molecule has 0 unspecified atom stereocenters. The number of hydrogen-bond acceptors (Lipinski definition) is 3. The first-order valence-corrected chi connectivity index (χ1v) is 8.58. The van der Waals surface area contributed by atoms with Crippen LogP contribution in [0.1, 0.15) is 43.2 Å². The summed E-state index contributed by atoms with van der Waals surface area (Å²) < 4.78 is 0. The molecule has 2 N–H and O–H groups in total. The number of fused-ring (bicyclic) bond motifs is 1. The van der Waals surface area contributed by atoms with Crippen molar-refractivity contribution in [3.05, 3.63) is 16.0 Å². The second-order valence-corrected chi connectivity index (χ2v) is 6.95. The maximum atomic E-state index is 12.2.